The first kappa shape index (κ1) is 15.5. The highest BCUT2D eigenvalue weighted by Gasteiger charge is 2.07. The van der Waals surface area contributed by atoms with Gasteiger partial charge in [0.25, 0.3) is 0 Å². The van der Waals surface area contributed by atoms with E-state index in [1.807, 2.05) is 6.07 Å². The highest BCUT2D eigenvalue weighted by molar-refractivity contribution is 7.71. The lowest BCUT2D eigenvalue weighted by Gasteiger charge is -2.20. The summed E-state index contributed by atoms with van der Waals surface area (Å²) in [5.41, 5.74) is 3.15. The maximum Gasteiger partial charge on any atom is 0.175 e. The minimum Gasteiger partial charge on any atom is -0.331 e. The number of H-pyrrole nitrogens is 2. The molecule has 3 nitrogen and oxygen atoms in total. The summed E-state index contributed by atoms with van der Waals surface area (Å²) in [6.07, 6.45) is 3.41. The molecule has 110 valence electrons. The molecule has 1 aromatic heterocycles. The van der Waals surface area contributed by atoms with Gasteiger partial charge >= 0.3 is 0 Å². The van der Waals surface area contributed by atoms with Crippen molar-refractivity contribution in [3.05, 3.63) is 27.5 Å². The van der Waals surface area contributed by atoms with Crippen molar-refractivity contribution in [2.24, 2.45) is 0 Å². The van der Waals surface area contributed by atoms with E-state index in [9.17, 15) is 0 Å². The van der Waals surface area contributed by atoms with Crippen LogP contribution < -0.4 is 0 Å². The molecule has 0 fully saturated rings. The van der Waals surface area contributed by atoms with Crippen LogP contribution in [0.25, 0.3) is 11.0 Å². The molecule has 0 radical (unpaired) electrons. The number of hydrogen-bond donors (Lipinski definition) is 2. The minimum atomic E-state index is 0.623. The second kappa shape index (κ2) is 7.25. The van der Waals surface area contributed by atoms with Gasteiger partial charge in [-0.1, -0.05) is 25.4 Å². The van der Waals surface area contributed by atoms with Gasteiger partial charge in [0.1, 0.15) is 0 Å². The van der Waals surface area contributed by atoms with Gasteiger partial charge in [0.05, 0.1) is 16.1 Å². The molecule has 2 aromatic rings. The molecule has 2 rings (SSSR count). The van der Waals surface area contributed by atoms with Gasteiger partial charge in [0.2, 0.25) is 0 Å². The van der Waals surface area contributed by atoms with Crippen LogP contribution in [0.15, 0.2) is 12.1 Å². The number of halogens is 1. The predicted octanol–water partition coefficient (Wildman–Crippen LogP) is 4.54. The number of nitrogens with zero attached hydrogens (tertiary/aromatic N) is 1. The largest absolute Gasteiger partial charge is 0.331 e. The molecule has 0 aliphatic rings. The van der Waals surface area contributed by atoms with Crippen LogP contribution in [0, 0.1) is 4.77 Å². The van der Waals surface area contributed by atoms with Crippen LogP contribution in [0.2, 0.25) is 5.02 Å². The number of benzene rings is 1. The van der Waals surface area contributed by atoms with Crippen LogP contribution in [-0.4, -0.2) is 34.5 Å². The van der Waals surface area contributed by atoms with Gasteiger partial charge in [0, 0.05) is 6.54 Å². The summed E-state index contributed by atoms with van der Waals surface area (Å²) in [5, 5.41) is 0.738. The summed E-state index contributed by atoms with van der Waals surface area (Å²) in [4.78, 5) is 8.73. The Morgan fingerprint density at radius 1 is 1.10 bits per heavy atom. The summed E-state index contributed by atoms with van der Waals surface area (Å²) < 4.78 is 0.623. The molecule has 0 aliphatic heterocycles. The third kappa shape index (κ3) is 3.84. The van der Waals surface area contributed by atoms with E-state index in [4.69, 9.17) is 23.8 Å². The van der Waals surface area contributed by atoms with Gasteiger partial charge in [-0.25, -0.2) is 0 Å². The van der Waals surface area contributed by atoms with Crippen molar-refractivity contribution in [2.45, 2.75) is 33.1 Å². The van der Waals surface area contributed by atoms with E-state index in [2.05, 4.69) is 34.8 Å². The molecule has 20 heavy (non-hydrogen) atoms. The van der Waals surface area contributed by atoms with E-state index in [1.165, 1.54) is 18.4 Å². The van der Waals surface area contributed by atoms with Gasteiger partial charge < -0.3 is 14.9 Å². The summed E-state index contributed by atoms with van der Waals surface area (Å²) >= 11 is 11.4. The summed E-state index contributed by atoms with van der Waals surface area (Å²) in [7, 11) is 0. The van der Waals surface area contributed by atoms with Crippen LogP contribution in [0.1, 0.15) is 32.3 Å². The Hall–Kier alpha value is -0.840. The molecule has 1 heterocycles. The zero-order valence-electron chi connectivity index (χ0n) is 12.1. The fourth-order valence-electron chi connectivity index (χ4n) is 2.55. The standard InChI is InChI=1S/C15H22ClN3S/c1-3-6-19(7-4-2)8-5-11-9-12(16)14-13(10-11)17-15(20)18-14/h9-10H,3-8H2,1-2H3,(H2,17,18,20). The molecule has 0 saturated carbocycles. The molecule has 2 N–H and O–H groups in total. The molecule has 0 spiro atoms. The first-order chi connectivity index (χ1) is 9.63. The van der Waals surface area contributed by atoms with Crippen molar-refractivity contribution in [2.75, 3.05) is 19.6 Å². The third-order valence-electron chi connectivity index (χ3n) is 3.43. The average molecular weight is 312 g/mol. The highest BCUT2D eigenvalue weighted by atomic mass is 35.5. The number of aromatic nitrogens is 2. The zero-order chi connectivity index (χ0) is 14.5. The van der Waals surface area contributed by atoms with Crippen LogP contribution in [0.5, 0.6) is 0 Å². The van der Waals surface area contributed by atoms with Crippen molar-refractivity contribution in [3.8, 4) is 0 Å². The Balaban J connectivity index is 2.11. The fourth-order valence-corrected chi connectivity index (χ4v) is 3.06. The van der Waals surface area contributed by atoms with Crippen molar-refractivity contribution in [3.63, 3.8) is 0 Å². The van der Waals surface area contributed by atoms with Gasteiger partial charge in [-0.15, -0.1) is 0 Å². The van der Waals surface area contributed by atoms with Crippen molar-refractivity contribution >= 4 is 34.9 Å². The molecular weight excluding hydrogens is 290 g/mol. The summed E-state index contributed by atoms with van der Waals surface area (Å²) in [5.74, 6) is 0. The Bertz CT molecular complexity index is 611. The Labute approximate surface area is 130 Å². The van der Waals surface area contributed by atoms with Crippen LogP contribution in [0.3, 0.4) is 0 Å². The molecule has 0 saturated heterocycles. The van der Waals surface area contributed by atoms with Crippen LogP contribution >= 0.6 is 23.8 Å². The first-order valence-electron chi connectivity index (χ1n) is 7.26. The lowest BCUT2D eigenvalue weighted by Crippen LogP contribution is -2.27. The Morgan fingerprint density at radius 3 is 2.45 bits per heavy atom. The van der Waals surface area contributed by atoms with Gasteiger partial charge in [-0.2, -0.15) is 0 Å². The van der Waals surface area contributed by atoms with E-state index >= 15 is 0 Å². The van der Waals surface area contributed by atoms with E-state index in [1.54, 1.807) is 0 Å². The van der Waals surface area contributed by atoms with E-state index < -0.39 is 0 Å². The third-order valence-corrected chi connectivity index (χ3v) is 3.94. The summed E-state index contributed by atoms with van der Waals surface area (Å²) in [6.45, 7) is 7.86. The second-order valence-electron chi connectivity index (χ2n) is 5.17. The van der Waals surface area contributed by atoms with Gasteiger partial charge in [0.15, 0.2) is 4.77 Å². The van der Waals surface area contributed by atoms with E-state index in [0.717, 1.165) is 42.1 Å². The maximum absolute atomic E-state index is 6.30. The fraction of sp³-hybridized carbons (Fsp3) is 0.533. The normalized spacial score (nSPS) is 11.6. The number of aromatic amines is 2. The smallest absolute Gasteiger partial charge is 0.175 e. The van der Waals surface area contributed by atoms with Crippen molar-refractivity contribution in [1.29, 1.82) is 0 Å². The molecule has 1 aromatic carbocycles. The maximum atomic E-state index is 6.30. The van der Waals surface area contributed by atoms with Gasteiger partial charge in [-0.05, 0) is 62.3 Å². The minimum absolute atomic E-state index is 0.623. The highest BCUT2D eigenvalue weighted by Crippen LogP contribution is 2.23. The summed E-state index contributed by atoms with van der Waals surface area (Å²) in [6, 6.07) is 4.18. The number of imidazole rings is 1. The van der Waals surface area contributed by atoms with E-state index in [0.29, 0.717) is 4.77 Å². The SMILES string of the molecule is CCCN(CCC)CCc1cc(Cl)c2[nH]c(=S)[nH]c2c1. The van der Waals surface area contributed by atoms with Crippen molar-refractivity contribution < 1.29 is 0 Å². The van der Waals surface area contributed by atoms with Crippen LogP contribution in [0.4, 0.5) is 0 Å². The molecule has 0 aliphatic carbocycles. The van der Waals surface area contributed by atoms with Crippen molar-refractivity contribution in [1.82, 2.24) is 14.9 Å². The first-order valence-corrected chi connectivity index (χ1v) is 8.05. The lowest BCUT2D eigenvalue weighted by molar-refractivity contribution is 0.278. The molecule has 0 bridgehead atoms. The van der Waals surface area contributed by atoms with Gasteiger partial charge in [-0.3, -0.25) is 0 Å². The number of fused-ring (bicyclic) bond motifs is 1. The second-order valence-corrected chi connectivity index (χ2v) is 5.99. The Kier molecular flexibility index (Phi) is 5.64. The molecular formula is C15H22ClN3S. The van der Waals surface area contributed by atoms with E-state index in [-0.39, 0.29) is 0 Å². The predicted molar refractivity (Wildman–Crippen MR) is 89.2 cm³/mol. The topological polar surface area (TPSA) is 34.8 Å². The number of rotatable bonds is 7. The molecule has 0 unspecified atom stereocenters. The zero-order valence-corrected chi connectivity index (χ0v) is 13.7. The number of nitrogens with one attached hydrogen (secondary N) is 2. The monoisotopic (exact) mass is 311 g/mol. The quantitative estimate of drug-likeness (QED) is 0.736. The van der Waals surface area contributed by atoms with Crippen LogP contribution in [-0.2, 0) is 6.42 Å². The molecule has 0 amide bonds. The molecule has 0 atom stereocenters. The average Bonchev–Trinajstić information content (AvgIpc) is 2.78. The number of hydrogen-bond acceptors (Lipinski definition) is 2. The lowest BCUT2D eigenvalue weighted by atomic mass is 10.1. The Morgan fingerprint density at radius 2 is 1.80 bits per heavy atom. The molecule has 5 heteroatoms.